The van der Waals surface area contributed by atoms with E-state index in [1.165, 1.54) is 5.56 Å². The van der Waals surface area contributed by atoms with Crippen LogP contribution in [0.2, 0.25) is 5.02 Å². The molecule has 2 N–H and O–H groups in total. The number of carbonyl (C=O) groups is 1. The molecule has 3 aromatic carbocycles. The average Bonchev–Trinajstić information content (AvgIpc) is 2.92. The lowest BCUT2D eigenvalue weighted by molar-refractivity contribution is 0.122. The summed E-state index contributed by atoms with van der Waals surface area (Å²) in [6.45, 7) is 5.58. The summed E-state index contributed by atoms with van der Waals surface area (Å²) < 4.78 is 31.1. The first-order valence-corrected chi connectivity index (χ1v) is 15.9. The van der Waals surface area contributed by atoms with Crippen LogP contribution in [-0.2, 0) is 16.6 Å². The number of unbranched alkanes of at least 4 members (excludes halogenated alkanes) is 1. The first kappa shape index (κ1) is 29.7. The second kappa shape index (κ2) is 13.9. The number of ether oxygens (including phenoxy) is 1. The first-order chi connectivity index (χ1) is 19.2. The SMILES string of the molecule is CCCCN(C(=O)Nc1ccc(Cl)cc1)C1CCN(Cc2ccc(Oc3ccc(NS(C)(=O)=O)cc3)cc2)CC1. The fourth-order valence-electron chi connectivity index (χ4n) is 4.76. The zero-order chi connectivity index (χ0) is 28.5. The fourth-order valence-corrected chi connectivity index (χ4v) is 5.45. The maximum atomic E-state index is 13.1. The van der Waals surface area contributed by atoms with E-state index in [4.69, 9.17) is 16.3 Å². The molecule has 0 spiro atoms. The van der Waals surface area contributed by atoms with Gasteiger partial charge in [0.05, 0.1) is 6.26 Å². The van der Waals surface area contributed by atoms with Gasteiger partial charge in [-0.25, -0.2) is 13.2 Å². The molecule has 0 saturated carbocycles. The number of anilines is 2. The van der Waals surface area contributed by atoms with Crippen molar-refractivity contribution < 1.29 is 17.9 Å². The Morgan fingerprint density at radius 3 is 2.10 bits per heavy atom. The second-order valence-electron chi connectivity index (χ2n) is 10.1. The number of sulfonamides is 1. The third kappa shape index (κ3) is 9.15. The number of hydrogen-bond donors (Lipinski definition) is 2. The van der Waals surface area contributed by atoms with Gasteiger partial charge in [0.25, 0.3) is 0 Å². The van der Waals surface area contributed by atoms with Crippen molar-refractivity contribution in [1.29, 1.82) is 0 Å². The van der Waals surface area contributed by atoms with Crippen LogP contribution in [0.5, 0.6) is 11.5 Å². The molecule has 8 nitrogen and oxygen atoms in total. The van der Waals surface area contributed by atoms with E-state index in [1.807, 2.05) is 29.2 Å². The van der Waals surface area contributed by atoms with E-state index >= 15 is 0 Å². The van der Waals surface area contributed by atoms with Gasteiger partial charge >= 0.3 is 6.03 Å². The Bertz CT molecular complexity index is 1340. The Labute approximate surface area is 242 Å². The summed E-state index contributed by atoms with van der Waals surface area (Å²) in [7, 11) is -3.31. The molecular formula is C30H37ClN4O4S. The van der Waals surface area contributed by atoms with Crippen molar-refractivity contribution >= 4 is 39.0 Å². The van der Waals surface area contributed by atoms with Gasteiger partial charge in [-0.15, -0.1) is 0 Å². The zero-order valence-electron chi connectivity index (χ0n) is 23.0. The van der Waals surface area contributed by atoms with Gasteiger partial charge in [0.15, 0.2) is 0 Å². The number of hydrogen-bond acceptors (Lipinski definition) is 5. The highest BCUT2D eigenvalue weighted by atomic mass is 35.5. The van der Waals surface area contributed by atoms with Gasteiger partial charge in [0.1, 0.15) is 11.5 Å². The molecule has 40 heavy (non-hydrogen) atoms. The highest BCUT2D eigenvalue weighted by molar-refractivity contribution is 7.92. The normalized spacial score (nSPS) is 14.5. The van der Waals surface area contributed by atoms with Crippen LogP contribution in [0, 0.1) is 0 Å². The Morgan fingerprint density at radius 1 is 0.950 bits per heavy atom. The summed E-state index contributed by atoms with van der Waals surface area (Å²) >= 11 is 5.98. The molecular weight excluding hydrogens is 548 g/mol. The van der Waals surface area contributed by atoms with Crippen molar-refractivity contribution in [3.8, 4) is 11.5 Å². The fraction of sp³-hybridized carbons (Fsp3) is 0.367. The Kier molecular flexibility index (Phi) is 10.3. The lowest BCUT2D eigenvalue weighted by Gasteiger charge is -2.38. The zero-order valence-corrected chi connectivity index (χ0v) is 24.5. The molecule has 10 heteroatoms. The van der Waals surface area contributed by atoms with Gasteiger partial charge in [-0.1, -0.05) is 37.1 Å². The quantitative estimate of drug-likeness (QED) is 0.258. The van der Waals surface area contributed by atoms with Crippen LogP contribution in [0.25, 0.3) is 0 Å². The number of amides is 2. The number of nitrogens with zero attached hydrogens (tertiary/aromatic N) is 2. The van der Waals surface area contributed by atoms with Crippen LogP contribution in [0.3, 0.4) is 0 Å². The van der Waals surface area contributed by atoms with Crippen LogP contribution in [0.1, 0.15) is 38.2 Å². The Morgan fingerprint density at radius 2 is 1.52 bits per heavy atom. The van der Waals surface area contributed by atoms with E-state index < -0.39 is 10.0 Å². The highest BCUT2D eigenvalue weighted by Crippen LogP contribution is 2.25. The third-order valence-corrected chi connectivity index (χ3v) is 7.69. The van der Waals surface area contributed by atoms with Gasteiger partial charge in [0.2, 0.25) is 10.0 Å². The molecule has 0 aromatic heterocycles. The summed E-state index contributed by atoms with van der Waals surface area (Å²) in [4.78, 5) is 17.6. The molecule has 1 aliphatic heterocycles. The second-order valence-corrected chi connectivity index (χ2v) is 12.3. The molecule has 214 valence electrons. The molecule has 1 heterocycles. The number of benzene rings is 3. The van der Waals surface area contributed by atoms with E-state index in [0.717, 1.165) is 63.8 Å². The van der Waals surface area contributed by atoms with Crippen LogP contribution in [0.4, 0.5) is 16.2 Å². The van der Waals surface area contributed by atoms with Crippen molar-refractivity contribution in [3.05, 3.63) is 83.4 Å². The van der Waals surface area contributed by atoms with E-state index in [2.05, 4.69) is 34.0 Å². The monoisotopic (exact) mass is 584 g/mol. The van der Waals surface area contributed by atoms with E-state index in [-0.39, 0.29) is 12.1 Å². The predicted octanol–water partition coefficient (Wildman–Crippen LogP) is 6.80. The predicted molar refractivity (Wildman–Crippen MR) is 162 cm³/mol. The third-order valence-electron chi connectivity index (χ3n) is 6.83. The average molecular weight is 585 g/mol. The summed E-state index contributed by atoms with van der Waals surface area (Å²) in [5, 5.41) is 3.68. The standard InChI is InChI=1S/C30H37ClN4O4S/c1-3-4-19-35(30(36)32-25-9-7-24(31)8-10-25)27-17-20-34(21-18-27)22-23-5-13-28(14-6-23)39-29-15-11-26(12-16-29)33-40(2,37)38/h5-16,27,33H,3-4,17-22H2,1-2H3,(H,32,36). The Balaban J connectivity index is 1.27. The molecule has 0 atom stereocenters. The summed E-state index contributed by atoms with van der Waals surface area (Å²) in [6.07, 6.45) is 5.00. The van der Waals surface area contributed by atoms with Crippen molar-refractivity contribution in [1.82, 2.24) is 9.80 Å². The van der Waals surface area contributed by atoms with E-state index in [9.17, 15) is 13.2 Å². The molecule has 3 aromatic rings. The minimum absolute atomic E-state index is 0.0499. The van der Waals surface area contributed by atoms with Crippen LogP contribution >= 0.6 is 11.6 Å². The van der Waals surface area contributed by atoms with Crippen molar-refractivity contribution in [3.63, 3.8) is 0 Å². The number of halogens is 1. The van der Waals surface area contributed by atoms with E-state index in [1.54, 1.807) is 36.4 Å². The Hall–Kier alpha value is -3.27. The molecule has 0 bridgehead atoms. The van der Waals surface area contributed by atoms with Crippen LogP contribution in [0.15, 0.2) is 72.8 Å². The highest BCUT2D eigenvalue weighted by Gasteiger charge is 2.27. The molecule has 1 aliphatic rings. The minimum Gasteiger partial charge on any atom is -0.457 e. The summed E-state index contributed by atoms with van der Waals surface area (Å²) in [6, 6.07) is 22.2. The molecule has 4 rings (SSSR count). The van der Waals surface area contributed by atoms with Crippen LogP contribution in [-0.4, -0.2) is 56.2 Å². The number of likely N-dealkylation sites (tertiary alicyclic amines) is 1. The molecule has 1 fully saturated rings. The largest absolute Gasteiger partial charge is 0.457 e. The van der Waals surface area contributed by atoms with Crippen molar-refractivity contribution in [2.75, 3.05) is 35.9 Å². The smallest absolute Gasteiger partial charge is 0.322 e. The maximum Gasteiger partial charge on any atom is 0.322 e. The lowest BCUT2D eigenvalue weighted by Crippen LogP contribution is -2.49. The number of rotatable bonds is 11. The number of urea groups is 1. The topological polar surface area (TPSA) is 91.0 Å². The maximum absolute atomic E-state index is 13.1. The van der Waals surface area contributed by atoms with Gasteiger partial charge in [0, 0.05) is 48.6 Å². The van der Waals surface area contributed by atoms with Gasteiger partial charge < -0.3 is 15.0 Å². The molecule has 1 saturated heterocycles. The number of piperidine rings is 1. The first-order valence-electron chi connectivity index (χ1n) is 13.6. The summed E-state index contributed by atoms with van der Waals surface area (Å²) in [5.41, 5.74) is 2.44. The number of nitrogens with one attached hydrogen (secondary N) is 2. The molecule has 0 aliphatic carbocycles. The minimum atomic E-state index is -3.31. The summed E-state index contributed by atoms with van der Waals surface area (Å²) in [5.74, 6) is 1.34. The van der Waals surface area contributed by atoms with E-state index in [0.29, 0.717) is 22.2 Å². The van der Waals surface area contributed by atoms with Crippen LogP contribution < -0.4 is 14.8 Å². The molecule has 2 amide bonds. The van der Waals surface area contributed by atoms with Gasteiger partial charge in [-0.05, 0) is 85.5 Å². The number of carbonyl (C=O) groups excluding carboxylic acids is 1. The lowest BCUT2D eigenvalue weighted by atomic mass is 10.0. The molecule has 0 unspecified atom stereocenters. The van der Waals surface area contributed by atoms with Gasteiger partial charge in [-0.3, -0.25) is 9.62 Å². The van der Waals surface area contributed by atoms with Crippen molar-refractivity contribution in [2.45, 2.75) is 45.2 Å². The van der Waals surface area contributed by atoms with Gasteiger partial charge in [-0.2, -0.15) is 0 Å². The van der Waals surface area contributed by atoms with Crippen molar-refractivity contribution in [2.24, 2.45) is 0 Å². The molecule has 0 radical (unpaired) electrons.